The van der Waals surface area contributed by atoms with Gasteiger partial charge in [-0.25, -0.2) is 9.97 Å². The molecule has 122 valence electrons. The van der Waals surface area contributed by atoms with E-state index in [4.69, 9.17) is 9.15 Å². The van der Waals surface area contributed by atoms with Gasteiger partial charge in [0.2, 0.25) is 0 Å². The number of hydrogen-bond donors (Lipinski definition) is 0. The monoisotopic (exact) mass is 334 g/mol. The largest absolute Gasteiger partial charge is 0.443 e. The fraction of sp³-hybridized carbons (Fsp3) is 0. The number of benzene rings is 2. The minimum absolute atomic E-state index is 0.158. The van der Waals surface area contributed by atoms with Crippen LogP contribution in [0.4, 0.5) is 5.69 Å². The Kier molecular flexibility index (Phi) is 3.55. The number of aromatic nitrogens is 3. The van der Waals surface area contributed by atoms with Gasteiger partial charge in [-0.2, -0.15) is 4.98 Å². The molecule has 0 amide bonds. The summed E-state index contributed by atoms with van der Waals surface area (Å²) in [6, 6.07) is 14.2. The summed E-state index contributed by atoms with van der Waals surface area (Å²) in [5.74, 6) is 0.481. The van der Waals surface area contributed by atoms with E-state index in [2.05, 4.69) is 15.0 Å². The Hall–Kier alpha value is -3.81. The zero-order valence-corrected chi connectivity index (χ0v) is 12.7. The number of ether oxygens (including phenoxy) is 1. The second-order valence-electron chi connectivity index (χ2n) is 5.06. The molecular weight excluding hydrogens is 324 g/mol. The molecule has 8 heteroatoms. The zero-order valence-electron chi connectivity index (χ0n) is 12.7. The maximum absolute atomic E-state index is 11.3. The van der Waals surface area contributed by atoms with Crippen molar-refractivity contribution in [3.63, 3.8) is 0 Å². The van der Waals surface area contributed by atoms with Crippen molar-refractivity contribution in [2.24, 2.45) is 0 Å². The summed E-state index contributed by atoms with van der Waals surface area (Å²) in [5.41, 5.74) is 1.36. The lowest BCUT2D eigenvalue weighted by molar-refractivity contribution is -0.386. The van der Waals surface area contributed by atoms with E-state index in [9.17, 15) is 10.1 Å². The highest BCUT2D eigenvalue weighted by Gasteiger charge is 2.21. The molecule has 0 atom stereocenters. The van der Waals surface area contributed by atoms with E-state index < -0.39 is 4.92 Å². The first-order valence-corrected chi connectivity index (χ1v) is 7.29. The van der Waals surface area contributed by atoms with Crippen LogP contribution >= 0.6 is 0 Å². The fourth-order valence-corrected chi connectivity index (χ4v) is 2.33. The Morgan fingerprint density at radius 1 is 1.04 bits per heavy atom. The topological polar surface area (TPSA) is 104 Å². The van der Waals surface area contributed by atoms with E-state index in [1.165, 1.54) is 6.39 Å². The number of nitrogens with zero attached hydrogens (tertiary/aromatic N) is 4. The Balaban J connectivity index is 1.81. The molecule has 0 bridgehead atoms. The Bertz CT molecular complexity index is 1060. The Morgan fingerprint density at radius 3 is 2.68 bits per heavy atom. The molecule has 0 saturated carbocycles. The minimum atomic E-state index is -0.590. The van der Waals surface area contributed by atoms with Crippen molar-refractivity contribution in [1.29, 1.82) is 0 Å². The maximum Gasteiger partial charge on any atom is 0.349 e. The first-order valence-electron chi connectivity index (χ1n) is 7.29. The third kappa shape index (κ3) is 2.76. The van der Waals surface area contributed by atoms with Crippen LogP contribution in [-0.2, 0) is 0 Å². The van der Waals surface area contributed by atoms with E-state index in [0.29, 0.717) is 22.7 Å². The van der Waals surface area contributed by atoms with Crippen LogP contribution < -0.4 is 4.74 Å². The lowest BCUT2D eigenvalue weighted by Crippen LogP contribution is -2.00. The van der Waals surface area contributed by atoms with Crippen LogP contribution in [-0.4, -0.2) is 19.9 Å². The summed E-state index contributed by atoms with van der Waals surface area (Å²) in [6.07, 6.45) is 2.41. The summed E-state index contributed by atoms with van der Waals surface area (Å²) in [4.78, 5) is 23.0. The number of nitro groups is 1. The number of fused-ring (bicyclic) bond motifs is 1. The first kappa shape index (κ1) is 14.8. The second-order valence-corrected chi connectivity index (χ2v) is 5.06. The molecule has 8 nitrogen and oxygen atoms in total. The lowest BCUT2D eigenvalue weighted by Gasteiger charge is -2.07. The van der Waals surface area contributed by atoms with Gasteiger partial charge in [0.1, 0.15) is 6.20 Å². The molecule has 0 aliphatic heterocycles. The Morgan fingerprint density at radius 2 is 1.88 bits per heavy atom. The number of hydrogen-bond acceptors (Lipinski definition) is 7. The summed E-state index contributed by atoms with van der Waals surface area (Å²) in [7, 11) is 0. The summed E-state index contributed by atoms with van der Waals surface area (Å²) in [5, 5.41) is 11.3. The molecule has 2 aromatic carbocycles. The van der Waals surface area contributed by atoms with E-state index >= 15 is 0 Å². The third-order valence-corrected chi connectivity index (χ3v) is 3.49. The molecule has 2 aromatic heterocycles. The molecule has 0 radical (unpaired) electrons. The van der Waals surface area contributed by atoms with Gasteiger partial charge in [-0.05, 0) is 12.1 Å². The molecule has 0 unspecified atom stereocenters. The van der Waals surface area contributed by atoms with E-state index in [1.807, 2.05) is 30.3 Å². The quantitative estimate of drug-likeness (QED) is 0.410. The van der Waals surface area contributed by atoms with Crippen molar-refractivity contribution in [2.45, 2.75) is 0 Å². The van der Waals surface area contributed by atoms with Crippen LogP contribution in [0.25, 0.3) is 22.5 Å². The Labute approximate surface area is 140 Å². The van der Waals surface area contributed by atoms with Crippen molar-refractivity contribution >= 4 is 16.8 Å². The molecule has 4 aromatic rings. The fourth-order valence-electron chi connectivity index (χ4n) is 2.33. The van der Waals surface area contributed by atoms with E-state index in [1.54, 1.807) is 18.2 Å². The van der Waals surface area contributed by atoms with Crippen molar-refractivity contribution in [2.75, 3.05) is 0 Å². The van der Waals surface area contributed by atoms with Gasteiger partial charge in [-0.15, -0.1) is 0 Å². The van der Waals surface area contributed by atoms with Gasteiger partial charge in [-0.1, -0.05) is 36.4 Å². The number of rotatable bonds is 4. The lowest BCUT2D eigenvalue weighted by atomic mass is 10.2. The highest BCUT2D eigenvalue weighted by molar-refractivity contribution is 5.79. The van der Waals surface area contributed by atoms with Gasteiger partial charge in [-0.3, -0.25) is 10.1 Å². The summed E-state index contributed by atoms with van der Waals surface area (Å²) in [6.45, 7) is 0. The summed E-state index contributed by atoms with van der Waals surface area (Å²) < 4.78 is 10.9. The summed E-state index contributed by atoms with van der Waals surface area (Å²) >= 11 is 0. The van der Waals surface area contributed by atoms with E-state index in [-0.39, 0.29) is 11.6 Å². The van der Waals surface area contributed by atoms with Crippen molar-refractivity contribution in [3.8, 4) is 23.0 Å². The van der Waals surface area contributed by atoms with Crippen LogP contribution in [0.2, 0.25) is 0 Å². The van der Waals surface area contributed by atoms with Gasteiger partial charge in [0.05, 0.1) is 4.92 Å². The second kappa shape index (κ2) is 6.00. The van der Waals surface area contributed by atoms with Crippen LogP contribution in [0, 0.1) is 10.1 Å². The molecule has 0 aliphatic carbocycles. The molecule has 0 saturated heterocycles. The molecule has 4 rings (SSSR count). The van der Waals surface area contributed by atoms with Crippen molar-refractivity contribution in [1.82, 2.24) is 15.0 Å². The molecule has 0 fully saturated rings. The van der Waals surface area contributed by atoms with Crippen LogP contribution in [0.3, 0.4) is 0 Å². The normalized spacial score (nSPS) is 10.7. The van der Waals surface area contributed by atoms with Gasteiger partial charge in [0.15, 0.2) is 29.1 Å². The average Bonchev–Trinajstić information content (AvgIpc) is 3.12. The van der Waals surface area contributed by atoms with Gasteiger partial charge < -0.3 is 9.15 Å². The molecule has 0 N–H and O–H groups in total. The molecule has 0 aliphatic rings. The number of para-hydroxylation sites is 1. The van der Waals surface area contributed by atoms with E-state index in [0.717, 1.165) is 11.8 Å². The highest BCUT2D eigenvalue weighted by Crippen LogP contribution is 2.33. The van der Waals surface area contributed by atoms with Gasteiger partial charge in [0, 0.05) is 5.56 Å². The molecule has 0 spiro atoms. The smallest absolute Gasteiger partial charge is 0.349 e. The molecular formula is C17H10N4O4. The van der Waals surface area contributed by atoms with Crippen LogP contribution in [0.1, 0.15) is 0 Å². The van der Waals surface area contributed by atoms with Crippen LogP contribution in [0.5, 0.6) is 11.6 Å². The van der Waals surface area contributed by atoms with Gasteiger partial charge >= 0.3 is 11.6 Å². The standard InChI is InChI=1S/C17H10N4O4/c22-21(23)12-9-18-16(11-5-2-1-3-6-11)20-17(12)25-14-8-4-7-13-15(14)19-10-24-13/h1-10H. The predicted molar refractivity (Wildman–Crippen MR) is 88.2 cm³/mol. The zero-order chi connectivity index (χ0) is 17.2. The maximum atomic E-state index is 11.3. The molecule has 25 heavy (non-hydrogen) atoms. The number of oxazole rings is 1. The van der Waals surface area contributed by atoms with Crippen molar-refractivity contribution in [3.05, 3.63) is 71.2 Å². The van der Waals surface area contributed by atoms with Crippen LogP contribution in [0.15, 0.2) is 65.5 Å². The SMILES string of the molecule is O=[N+]([O-])c1cnc(-c2ccccc2)nc1Oc1cccc2ocnc12. The average molecular weight is 334 g/mol. The predicted octanol–water partition coefficient (Wildman–Crippen LogP) is 3.99. The highest BCUT2D eigenvalue weighted by atomic mass is 16.6. The van der Waals surface area contributed by atoms with Gasteiger partial charge in [0.25, 0.3) is 0 Å². The minimum Gasteiger partial charge on any atom is -0.443 e. The first-order chi connectivity index (χ1) is 12.2. The van der Waals surface area contributed by atoms with Crippen molar-refractivity contribution < 1.29 is 14.1 Å². The third-order valence-electron chi connectivity index (χ3n) is 3.49. The molecule has 2 heterocycles.